The lowest BCUT2D eigenvalue weighted by Crippen LogP contribution is -2.44. The van der Waals surface area contributed by atoms with E-state index in [1.165, 1.54) is 25.7 Å². The van der Waals surface area contributed by atoms with Crippen LogP contribution in [0.4, 0.5) is 0 Å². The van der Waals surface area contributed by atoms with Crippen molar-refractivity contribution in [1.82, 2.24) is 10.6 Å². The molecule has 2 unspecified atom stereocenters. The highest BCUT2D eigenvalue weighted by Crippen LogP contribution is 2.30. The minimum absolute atomic E-state index is 0. The first kappa shape index (κ1) is 17.8. The van der Waals surface area contributed by atoms with E-state index in [2.05, 4.69) is 24.5 Å². The van der Waals surface area contributed by atoms with Crippen LogP contribution < -0.4 is 10.6 Å². The SMILES string of the molecule is CC(C)C1CCCCC1NC(=O)CC1CCNCC1.Cl. The maximum Gasteiger partial charge on any atom is 0.220 e. The summed E-state index contributed by atoms with van der Waals surface area (Å²) in [5, 5.41) is 6.70. The Balaban J connectivity index is 0.00000200. The molecule has 0 aromatic rings. The number of carbonyl (C=O) groups is 1. The Morgan fingerprint density at radius 3 is 2.45 bits per heavy atom. The number of amides is 1. The van der Waals surface area contributed by atoms with Gasteiger partial charge in [-0.15, -0.1) is 12.4 Å². The zero-order valence-electron chi connectivity index (χ0n) is 13.0. The van der Waals surface area contributed by atoms with Crippen LogP contribution in [-0.2, 0) is 4.79 Å². The molecule has 0 spiro atoms. The quantitative estimate of drug-likeness (QED) is 0.838. The van der Waals surface area contributed by atoms with Gasteiger partial charge in [-0.05, 0) is 56.5 Å². The van der Waals surface area contributed by atoms with Crippen LogP contribution in [0.3, 0.4) is 0 Å². The number of nitrogens with one attached hydrogen (secondary N) is 2. The van der Waals surface area contributed by atoms with Crippen molar-refractivity contribution in [2.24, 2.45) is 17.8 Å². The molecule has 2 fully saturated rings. The Bertz CT molecular complexity index is 290. The Labute approximate surface area is 130 Å². The summed E-state index contributed by atoms with van der Waals surface area (Å²) in [6.45, 7) is 6.75. The molecule has 118 valence electrons. The molecule has 1 heterocycles. The van der Waals surface area contributed by atoms with Crippen LogP contribution in [0, 0.1) is 17.8 Å². The third-order valence-corrected chi connectivity index (χ3v) is 4.95. The predicted octanol–water partition coefficient (Wildman–Crippen LogP) is 3.13. The molecule has 4 heteroatoms. The fourth-order valence-electron chi connectivity index (χ4n) is 3.75. The van der Waals surface area contributed by atoms with Gasteiger partial charge in [0.1, 0.15) is 0 Å². The fraction of sp³-hybridized carbons (Fsp3) is 0.938. The molecule has 0 radical (unpaired) electrons. The van der Waals surface area contributed by atoms with Crippen molar-refractivity contribution in [3.05, 3.63) is 0 Å². The Morgan fingerprint density at radius 2 is 1.80 bits per heavy atom. The number of piperidine rings is 1. The number of halogens is 1. The Kier molecular flexibility index (Phi) is 7.90. The second kappa shape index (κ2) is 8.89. The third-order valence-electron chi connectivity index (χ3n) is 4.95. The van der Waals surface area contributed by atoms with Gasteiger partial charge in [0, 0.05) is 12.5 Å². The van der Waals surface area contributed by atoms with Crippen LogP contribution in [0.25, 0.3) is 0 Å². The molecule has 1 saturated carbocycles. The van der Waals surface area contributed by atoms with E-state index in [1.54, 1.807) is 0 Å². The van der Waals surface area contributed by atoms with Crippen LogP contribution >= 0.6 is 12.4 Å². The maximum atomic E-state index is 12.2. The summed E-state index contributed by atoms with van der Waals surface area (Å²) in [6.07, 6.45) is 8.14. The standard InChI is InChI=1S/C16H30N2O.ClH/c1-12(2)14-5-3-4-6-15(14)18-16(19)11-13-7-9-17-10-8-13;/h12-15,17H,3-11H2,1-2H3,(H,18,19);1H. The summed E-state index contributed by atoms with van der Waals surface area (Å²) in [4.78, 5) is 12.2. The van der Waals surface area contributed by atoms with Crippen molar-refractivity contribution < 1.29 is 4.79 Å². The van der Waals surface area contributed by atoms with Gasteiger partial charge in [0.2, 0.25) is 5.91 Å². The molecule has 1 aliphatic carbocycles. The molecular formula is C16H31ClN2O. The van der Waals surface area contributed by atoms with Gasteiger partial charge in [-0.2, -0.15) is 0 Å². The van der Waals surface area contributed by atoms with Crippen molar-refractivity contribution in [2.45, 2.75) is 64.8 Å². The molecule has 20 heavy (non-hydrogen) atoms. The fourth-order valence-corrected chi connectivity index (χ4v) is 3.75. The molecular weight excluding hydrogens is 272 g/mol. The molecule has 2 N–H and O–H groups in total. The minimum atomic E-state index is 0. The monoisotopic (exact) mass is 302 g/mol. The van der Waals surface area contributed by atoms with Gasteiger partial charge in [0.05, 0.1) is 0 Å². The second-order valence-electron chi connectivity index (χ2n) is 6.76. The smallest absolute Gasteiger partial charge is 0.220 e. The molecule has 1 saturated heterocycles. The lowest BCUT2D eigenvalue weighted by Gasteiger charge is -2.35. The van der Waals surface area contributed by atoms with E-state index in [0.717, 1.165) is 32.4 Å². The van der Waals surface area contributed by atoms with Gasteiger partial charge in [-0.3, -0.25) is 4.79 Å². The Morgan fingerprint density at radius 1 is 1.15 bits per heavy atom. The first-order chi connectivity index (χ1) is 9.16. The van der Waals surface area contributed by atoms with E-state index < -0.39 is 0 Å². The highest BCUT2D eigenvalue weighted by molar-refractivity contribution is 5.85. The number of hydrogen-bond acceptors (Lipinski definition) is 2. The van der Waals surface area contributed by atoms with Gasteiger partial charge in [0.25, 0.3) is 0 Å². The first-order valence-electron chi connectivity index (χ1n) is 8.17. The molecule has 2 rings (SSSR count). The molecule has 1 aliphatic heterocycles. The zero-order chi connectivity index (χ0) is 13.7. The zero-order valence-corrected chi connectivity index (χ0v) is 13.8. The normalized spacial score (nSPS) is 27.9. The maximum absolute atomic E-state index is 12.2. The molecule has 2 aliphatic rings. The van der Waals surface area contributed by atoms with Crippen molar-refractivity contribution in [3.63, 3.8) is 0 Å². The molecule has 0 bridgehead atoms. The average Bonchev–Trinajstić information content (AvgIpc) is 2.40. The average molecular weight is 303 g/mol. The van der Waals surface area contributed by atoms with E-state index in [-0.39, 0.29) is 12.4 Å². The molecule has 3 nitrogen and oxygen atoms in total. The summed E-state index contributed by atoms with van der Waals surface area (Å²) in [5.74, 6) is 2.27. The number of rotatable bonds is 4. The van der Waals surface area contributed by atoms with E-state index >= 15 is 0 Å². The van der Waals surface area contributed by atoms with Gasteiger partial charge in [0.15, 0.2) is 0 Å². The summed E-state index contributed by atoms with van der Waals surface area (Å²) in [5.41, 5.74) is 0. The summed E-state index contributed by atoms with van der Waals surface area (Å²) in [6, 6.07) is 0.433. The molecule has 0 aromatic heterocycles. The molecule has 2 atom stereocenters. The van der Waals surface area contributed by atoms with Gasteiger partial charge < -0.3 is 10.6 Å². The van der Waals surface area contributed by atoms with Gasteiger partial charge >= 0.3 is 0 Å². The van der Waals surface area contributed by atoms with Crippen LogP contribution in [0.2, 0.25) is 0 Å². The van der Waals surface area contributed by atoms with Crippen LogP contribution in [0.1, 0.15) is 58.8 Å². The summed E-state index contributed by atoms with van der Waals surface area (Å²) in [7, 11) is 0. The predicted molar refractivity (Wildman–Crippen MR) is 86.2 cm³/mol. The van der Waals surface area contributed by atoms with E-state index in [9.17, 15) is 4.79 Å². The van der Waals surface area contributed by atoms with E-state index in [1.807, 2.05) is 0 Å². The van der Waals surface area contributed by atoms with Crippen molar-refractivity contribution >= 4 is 18.3 Å². The van der Waals surface area contributed by atoms with Crippen molar-refractivity contribution in [3.8, 4) is 0 Å². The number of hydrogen-bond donors (Lipinski definition) is 2. The van der Waals surface area contributed by atoms with E-state index in [0.29, 0.717) is 29.7 Å². The lowest BCUT2D eigenvalue weighted by atomic mass is 9.77. The minimum Gasteiger partial charge on any atom is -0.353 e. The van der Waals surface area contributed by atoms with Crippen molar-refractivity contribution in [2.75, 3.05) is 13.1 Å². The second-order valence-corrected chi connectivity index (χ2v) is 6.76. The largest absolute Gasteiger partial charge is 0.353 e. The number of carbonyl (C=O) groups excluding carboxylic acids is 1. The molecule has 0 aromatic carbocycles. The van der Waals surface area contributed by atoms with Crippen LogP contribution in [0.15, 0.2) is 0 Å². The highest BCUT2D eigenvalue weighted by Gasteiger charge is 2.29. The van der Waals surface area contributed by atoms with Crippen molar-refractivity contribution in [1.29, 1.82) is 0 Å². The molecule has 1 amide bonds. The van der Waals surface area contributed by atoms with Gasteiger partial charge in [-0.1, -0.05) is 26.7 Å². The third kappa shape index (κ3) is 5.25. The lowest BCUT2D eigenvalue weighted by molar-refractivity contribution is -0.123. The summed E-state index contributed by atoms with van der Waals surface area (Å²) < 4.78 is 0. The van der Waals surface area contributed by atoms with Crippen LogP contribution in [0.5, 0.6) is 0 Å². The van der Waals surface area contributed by atoms with E-state index in [4.69, 9.17) is 0 Å². The topological polar surface area (TPSA) is 41.1 Å². The highest BCUT2D eigenvalue weighted by atomic mass is 35.5. The van der Waals surface area contributed by atoms with Gasteiger partial charge in [-0.25, -0.2) is 0 Å². The Hall–Kier alpha value is -0.280. The summed E-state index contributed by atoms with van der Waals surface area (Å²) >= 11 is 0. The van der Waals surface area contributed by atoms with Crippen LogP contribution in [-0.4, -0.2) is 25.0 Å². The first-order valence-corrected chi connectivity index (χ1v) is 8.17.